The Morgan fingerprint density at radius 2 is 2.10 bits per heavy atom. The normalized spacial score (nSPS) is 17.2. The highest BCUT2D eigenvalue weighted by Crippen LogP contribution is 2.40. The SMILES string of the molecule is C=N/C=C(/C=O)C=NCN(C)CC1Nc2c(N3CCOCC3)nc(-c3cccc(C(=O)NCCO)c3)nc2N1C. The molecule has 13 nitrogen and oxygen atoms in total. The van der Waals surface area contributed by atoms with Crippen LogP contribution in [0.3, 0.4) is 0 Å². The number of aliphatic hydroxyl groups excluding tert-OH is 1. The third-order valence-corrected chi connectivity index (χ3v) is 6.50. The summed E-state index contributed by atoms with van der Waals surface area (Å²) in [5.74, 6) is 1.78. The number of hydrogen-bond acceptors (Lipinski definition) is 12. The standard InChI is InChI=1S/C27H35N9O4/c1-28-14-19(17-38)15-29-18-34(2)16-22-31-23-25(35(22)3)32-24(33-26(23)36-8-11-40-12-9-36)20-5-4-6-21(13-20)27(39)30-7-10-37/h4-6,13-15,17,22,31,37H,1,7-12,16,18H2,2-3H3,(H,30,39)/b19-14+,29-15?. The van der Waals surface area contributed by atoms with Gasteiger partial charge in [-0.3, -0.25) is 24.5 Å². The van der Waals surface area contributed by atoms with Crippen LogP contribution in [0.1, 0.15) is 10.4 Å². The molecule has 13 heteroatoms. The largest absolute Gasteiger partial charge is 0.395 e. The molecule has 2 aliphatic rings. The van der Waals surface area contributed by atoms with Gasteiger partial charge in [0.1, 0.15) is 11.9 Å². The Kier molecular flexibility index (Phi) is 9.89. The number of carbonyl (C=O) groups is 2. The number of aliphatic hydroxyl groups is 1. The van der Waals surface area contributed by atoms with Gasteiger partial charge in [-0.15, -0.1) is 0 Å². The van der Waals surface area contributed by atoms with Crippen molar-refractivity contribution in [1.82, 2.24) is 20.2 Å². The maximum atomic E-state index is 12.5. The Labute approximate surface area is 233 Å². The molecule has 1 saturated heterocycles. The number of nitrogens with zero attached hydrogens (tertiary/aromatic N) is 7. The highest BCUT2D eigenvalue weighted by molar-refractivity contribution is 6.01. The van der Waals surface area contributed by atoms with Crippen molar-refractivity contribution in [2.75, 3.05) is 81.9 Å². The summed E-state index contributed by atoms with van der Waals surface area (Å²) >= 11 is 0. The second kappa shape index (κ2) is 13.7. The predicted molar refractivity (Wildman–Crippen MR) is 155 cm³/mol. The van der Waals surface area contributed by atoms with Gasteiger partial charge in [0, 0.05) is 56.8 Å². The first-order valence-corrected chi connectivity index (χ1v) is 13.0. The first-order valence-electron chi connectivity index (χ1n) is 13.0. The molecule has 0 spiro atoms. The van der Waals surface area contributed by atoms with Crippen LogP contribution in [-0.4, -0.2) is 118 Å². The van der Waals surface area contributed by atoms with Crippen LogP contribution in [0.4, 0.5) is 17.3 Å². The highest BCUT2D eigenvalue weighted by Gasteiger charge is 2.33. The zero-order valence-electron chi connectivity index (χ0n) is 22.8. The molecule has 1 atom stereocenters. The molecule has 0 bridgehead atoms. The van der Waals surface area contributed by atoms with Gasteiger partial charge >= 0.3 is 0 Å². The Balaban J connectivity index is 1.59. The minimum Gasteiger partial charge on any atom is -0.395 e. The molecule has 2 aliphatic heterocycles. The average Bonchev–Trinajstić information content (AvgIpc) is 3.29. The summed E-state index contributed by atoms with van der Waals surface area (Å²) in [5.41, 5.74) is 2.37. The first kappa shape index (κ1) is 28.8. The molecule has 4 rings (SSSR count). The smallest absolute Gasteiger partial charge is 0.251 e. The fraction of sp³-hybridized carbons (Fsp3) is 0.407. The van der Waals surface area contributed by atoms with E-state index in [1.165, 1.54) is 12.4 Å². The number of rotatable bonds is 12. The van der Waals surface area contributed by atoms with Gasteiger partial charge in [-0.25, -0.2) is 9.97 Å². The van der Waals surface area contributed by atoms with E-state index in [2.05, 4.69) is 37.1 Å². The molecular weight excluding hydrogens is 514 g/mol. The molecule has 1 amide bonds. The second-order valence-corrected chi connectivity index (χ2v) is 9.42. The van der Waals surface area contributed by atoms with Crippen LogP contribution in [0.25, 0.3) is 11.4 Å². The third-order valence-electron chi connectivity index (χ3n) is 6.50. The molecule has 40 heavy (non-hydrogen) atoms. The Morgan fingerprint density at radius 1 is 1.32 bits per heavy atom. The zero-order valence-corrected chi connectivity index (χ0v) is 22.8. The molecule has 2 aromatic rings. The van der Waals surface area contributed by atoms with E-state index in [-0.39, 0.29) is 25.2 Å². The van der Waals surface area contributed by atoms with E-state index >= 15 is 0 Å². The number of amides is 1. The number of morpholine rings is 1. The van der Waals surface area contributed by atoms with E-state index < -0.39 is 0 Å². The van der Waals surface area contributed by atoms with Crippen molar-refractivity contribution in [3.63, 3.8) is 0 Å². The van der Waals surface area contributed by atoms with Gasteiger partial charge in [0.15, 0.2) is 23.7 Å². The summed E-state index contributed by atoms with van der Waals surface area (Å²) in [6, 6.07) is 7.15. The summed E-state index contributed by atoms with van der Waals surface area (Å²) in [6.45, 7) is 7.00. The number of aromatic nitrogens is 2. The number of likely N-dealkylation sites (N-methyl/N-ethyl adjacent to an activating group) is 2. The van der Waals surface area contributed by atoms with E-state index in [1.807, 2.05) is 25.1 Å². The zero-order chi connectivity index (χ0) is 28.5. The fourth-order valence-electron chi connectivity index (χ4n) is 4.44. The lowest BCUT2D eigenvalue weighted by Gasteiger charge is -2.29. The third kappa shape index (κ3) is 6.86. The van der Waals surface area contributed by atoms with Crippen molar-refractivity contribution in [2.24, 2.45) is 9.98 Å². The lowest BCUT2D eigenvalue weighted by Crippen LogP contribution is -2.42. The van der Waals surface area contributed by atoms with Crippen molar-refractivity contribution < 1.29 is 19.4 Å². The van der Waals surface area contributed by atoms with Gasteiger partial charge in [0.25, 0.3) is 5.91 Å². The summed E-state index contributed by atoms with van der Waals surface area (Å²) in [5, 5.41) is 15.3. The van der Waals surface area contributed by atoms with Gasteiger partial charge in [-0.2, -0.15) is 0 Å². The molecule has 0 radical (unpaired) electrons. The van der Waals surface area contributed by atoms with Gasteiger partial charge in [0.05, 0.1) is 32.1 Å². The number of hydrogen-bond donors (Lipinski definition) is 3. The van der Waals surface area contributed by atoms with E-state index in [1.54, 1.807) is 18.2 Å². The van der Waals surface area contributed by atoms with Crippen LogP contribution in [0.5, 0.6) is 0 Å². The molecule has 0 saturated carbocycles. The number of benzene rings is 1. The predicted octanol–water partition coefficient (Wildman–Crippen LogP) is 0.634. The Morgan fingerprint density at radius 3 is 2.83 bits per heavy atom. The van der Waals surface area contributed by atoms with Crippen LogP contribution in [0, 0.1) is 0 Å². The number of carbonyl (C=O) groups excluding carboxylic acids is 2. The molecular formula is C27H35N9O4. The van der Waals surface area contributed by atoms with E-state index in [4.69, 9.17) is 19.8 Å². The van der Waals surface area contributed by atoms with Crippen molar-refractivity contribution in [3.8, 4) is 11.4 Å². The van der Waals surface area contributed by atoms with Crippen LogP contribution < -0.4 is 20.4 Å². The van der Waals surface area contributed by atoms with Gasteiger partial charge in [-0.05, 0) is 25.9 Å². The van der Waals surface area contributed by atoms with Crippen LogP contribution >= 0.6 is 0 Å². The number of aldehydes is 1. The van der Waals surface area contributed by atoms with Crippen molar-refractivity contribution >= 4 is 42.4 Å². The monoisotopic (exact) mass is 549 g/mol. The lowest BCUT2D eigenvalue weighted by molar-refractivity contribution is -0.104. The van der Waals surface area contributed by atoms with Gasteiger partial charge in [-0.1, -0.05) is 12.1 Å². The first-order chi connectivity index (χ1) is 19.4. The molecule has 1 aromatic heterocycles. The van der Waals surface area contributed by atoms with E-state index in [0.29, 0.717) is 68.3 Å². The number of fused-ring (bicyclic) bond motifs is 1. The molecule has 1 unspecified atom stereocenters. The summed E-state index contributed by atoms with van der Waals surface area (Å²) in [4.78, 5) is 47.7. The number of allylic oxidation sites excluding steroid dienone is 1. The topological polar surface area (TPSA) is 148 Å². The minimum absolute atomic E-state index is 0.106. The highest BCUT2D eigenvalue weighted by atomic mass is 16.5. The van der Waals surface area contributed by atoms with Crippen LogP contribution in [0.15, 0.2) is 46.0 Å². The molecule has 1 aromatic carbocycles. The molecule has 212 valence electrons. The van der Waals surface area contributed by atoms with Crippen molar-refractivity contribution in [3.05, 3.63) is 41.6 Å². The molecule has 1 fully saturated rings. The van der Waals surface area contributed by atoms with Gasteiger partial charge in [0.2, 0.25) is 0 Å². The van der Waals surface area contributed by atoms with Crippen LogP contribution in [0.2, 0.25) is 0 Å². The number of aliphatic imine (C=N–C) groups is 2. The maximum Gasteiger partial charge on any atom is 0.251 e. The molecule has 0 aliphatic carbocycles. The summed E-state index contributed by atoms with van der Waals surface area (Å²) < 4.78 is 5.57. The number of anilines is 3. The molecule has 3 heterocycles. The lowest BCUT2D eigenvalue weighted by atomic mass is 10.1. The average molecular weight is 550 g/mol. The summed E-state index contributed by atoms with van der Waals surface area (Å²) in [7, 11) is 3.92. The van der Waals surface area contributed by atoms with Crippen molar-refractivity contribution in [1.29, 1.82) is 0 Å². The second-order valence-electron chi connectivity index (χ2n) is 9.42. The molecule has 3 N–H and O–H groups in total. The van der Waals surface area contributed by atoms with Gasteiger partial charge < -0.3 is 30.3 Å². The Bertz CT molecular complexity index is 1280. The maximum absolute atomic E-state index is 12.5. The quantitative estimate of drug-likeness (QED) is 0.196. The fourth-order valence-corrected chi connectivity index (χ4v) is 4.44. The Hall–Kier alpha value is -4.20. The van der Waals surface area contributed by atoms with Crippen LogP contribution in [-0.2, 0) is 9.53 Å². The number of ether oxygens (including phenoxy) is 1. The van der Waals surface area contributed by atoms with E-state index in [9.17, 15) is 9.59 Å². The van der Waals surface area contributed by atoms with E-state index in [0.717, 1.165) is 17.3 Å². The van der Waals surface area contributed by atoms with Crippen molar-refractivity contribution in [2.45, 2.75) is 6.17 Å². The summed E-state index contributed by atoms with van der Waals surface area (Å²) in [6.07, 6.45) is 3.42. The minimum atomic E-state index is -0.272. The number of nitrogens with one attached hydrogen (secondary N) is 2.